The molecule has 0 radical (unpaired) electrons. The van der Waals surface area contributed by atoms with Gasteiger partial charge in [0.05, 0.1) is 6.04 Å². The smallest absolute Gasteiger partial charge is 0.303 e. The van der Waals surface area contributed by atoms with Crippen LogP contribution in [0.1, 0.15) is 36.6 Å². The van der Waals surface area contributed by atoms with Crippen LogP contribution in [0, 0.1) is 0 Å². The Morgan fingerprint density at radius 1 is 1.22 bits per heavy atom. The fourth-order valence-electron chi connectivity index (χ4n) is 2.43. The van der Waals surface area contributed by atoms with Gasteiger partial charge in [-0.3, -0.25) is 14.3 Å². The summed E-state index contributed by atoms with van der Waals surface area (Å²) < 4.78 is 1.74. The molecule has 23 heavy (non-hydrogen) atoms. The lowest BCUT2D eigenvalue weighted by molar-refractivity contribution is -0.137. The molecule has 1 aromatic heterocycles. The van der Waals surface area contributed by atoms with Crippen molar-refractivity contribution in [3.8, 4) is 0 Å². The molecule has 1 atom stereocenters. The third-order valence-corrected chi connectivity index (χ3v) is 3.71. The minimum absolute atomic E-state index is 0.0154. The molecule has 6 heteroatoms. The summed E-state index contributed by atoms with van der Waals surface area (Å²) in [6.45, 7) is 0. The summed E-state index contributed by atoms with van der Waals surface area (Å²) in [4.78, 5) is 23.0. The predicted octanol–water partition coefficient (Wildman–Crippen LogP) is 2.08. The number of hydrogen-bond acceptors (Lipinski definition) is 3. The van der Waals surface area contributed by atoms with Gasteiger partial charge in [-0.2, -0.15) is 5.10 Å². The third kappa shape index (κ3) is 5.25. The zero-order chi connectivity index (χ0) is 16.7. The van der Waals surface area contributed by atoms with E-state index in [-0.39, 0.29) is 18.4 Å². The molecule has 0 saturated carbocycles. The molecule has 6 nitrogen and oxygen atoms in total. The molecule has 1 aromatic carbocycles. The molecule has 122 valence electrons. The van der Waals surface area contributed by atoms with Gasteiger partial charge in [0.15, 0.2) is 0 Å². The van der Waals surface area contributed by atoms with Crippen LogP contribution in [0.5, 0.6) is 0 Å². The minimum Gasteiger partial charge on any atom is -0.481 e. The number of carboxylic acids is 1. The number of rotatable bonds is 8. The van der Waals surface area contributed by atoms with E-state index in [9.17, 15) is 9.59 Å². The molecule has 2 aromatic rings. The van der Waals surface area contributed by atoms with Crippen molar-refractivity contribution in [3.05, 3.63) is 53.9 Å². The van der Waals surface area contributed by atoms with Crippen molar-refractivity contribution in [2.75, 3.05) is 0 Å². The van der Waals surface area contributed by atoms with Gasteiger partial charge in [-0.05, 0) is 24.5 Å². The maximum Gasteiger partial charge on any atom is 0.303 e. The van der Waals surface area contributed by atoms with Crippen LogP contribution in [0.15, 0.2) is 42.6 Å². The SMILES string of the molecule is Cn1nccc1CCC(=O)NC(CCC(=O)O)c1ccccc1. The first kappa shape index (κ1) is 16.7. The topological polar surface area (TPSA) is 84.2 Å². The molecule has 0 aliphatic rings. The van der Waals surface area contributed by atoms with Crippen LogP contribution >= 0.6 is 0 Å². The average Bonchev–Trinajstić information content (AvgIpc) is 2.95. The van der Waals surface area contributed by atoms with Crippen molar-refractivity contribution in [1.29, 1.82) is 0 Å². The normalized spacial score (nSPS) is 11.9. The average molecular weight is 315 g/mol. The van der Waals surface area contributed by atoms with Crippen molar-refractivity contribution in [3.63, 3.8) is 0 Å². The molecule has 0 aliphatic carbocycles. The van der Waals surface area contributed by atoms with Crippen molar-refractivity contribution < 1.29 is 14.7 Å². The molecule has 1 heterocycles. The van der Waals surface area contributed by atoms with Gasteiger partial charge in [-0.15, -0.1) is 0 Å². The number of nitrogens with one attached hydrogen (secondary N) is 1. The van der Waals surface area contributed by atoms with Gasteiger partial charge in [0.25, 0.3) is 0 Å². The Balaban J connectivity index is 1.95. The van der Waals surface area contributed by atoms with Gasteiger partial charge < -0.3 is 10.4 Å². The number of amides is 1. The third-order valence-electron chi connectivity index (χ3n) is 3.71. The van der Waals surface area contributed by atoms with E-state index < -0.39 is 5.97 Å². The Bertz CT molecular complexity index is 652. The molecule has 2 rings (SSSR count). The molecular weight excluding hydrogens is 294 g/mol. The maximum atomic E-state index is 12.2. The summed E-state index contributed by atoms with van der Waals surface area (Å²) in [6.07, 6.45) is 3.03. The Morgan fingerprint density at radius 3 is 2.57 bits per heavy atom. The van der Waals surface area contributed by atoms with Crippen LogP contribution < -0.4 is 5.32 Å². The largest absolute Gasteiger partial charge is 0.481 e. The summed E-state index contributed by atoms with van der Waals surface area (Å²) in [7, 11) is 1.84. The molecule has 2 N–H and O–H groups in total. The van der Waals surface area contributed by atoms with E-state index in [0.29, 0.717) is 19.3 Å². The first-order chi connectivity index (χ1) is 11.1. The highest BCUT2D eigenvalue weighted by atomic mass is 16.4. The van der Waals surface area contributed by atoms with E-state index >= 15 is 0 Å². The van der Waals surface area contributed by atoms with Gasteiger partial charge in [0.1, 0.15) is 0 Å². The minimum atomic E-state index is -0.866. The van der Waals surface area contributed by atoms with Crippen LogP contribution in [0.25, 0.3) is 0 Å². The monoisotopic (exact) mass is 315 g/mol. The van der Waals surface area contributed by atoms with Crippen LogP contribution in [0.2, 0.25) is 0 Å². The Hall–Kier alpha value is -2.63. The summed E-state index contributed by atoms with van der Waals surface area (Å²) in [5.41, 5.74) is 1.91. The van der Waals surface area contributed by atoms with E-state index in [2.05, 4.69) is 10.4 Å². The number of nitrogens with zero attached hydrogens (tertiary/aromatic N) is 2. The highest BCUT2D eigenvalue weighted by Crippen LogP contribution is 2.18. The molecule has 0 spiro atoms. The van der Waals surface area contributed by atoms with Crippen LogP contribution in [-0.2, 0) is 23.1 Å². The fourth-order valence-corrected chi connectivity index (χ4v) is 2.43. The zero-order valence-electron chi connectivity index (χ0n) is 13.1. The van der Waals surface area contributed by atoms with Gasteiger partial charge in [-0.25, -0.2) is 0 Å². The van der Waals surface area contributed by atoms with Crippen molar-refractivity contribution >= 4 is 11.9 Å². The van der Waals surface area contributed by atoms with E-state index in [4.69, 9.17) is 5.11 Å². The molecular formula is C17H21N3O3. The second kappa shape index (κ2) is 8.12. The van der Waals surface area contributed by atoms with Gasteiger partial charge in [0.2, 0.25) is 5.91 Å². The second-order valence-corrected chi connectivity index (χ2v) is 5.41. The summed E-state index contributed by atoms with van der Waals surface area (Å²) in [5.74, 6) is -0.958. The highest BCUT2D eigenvalue weighted by molar-refractivity contribution is 5.76. The van der Waals surface area contributed by atoms with Crippen molar-refractivity contribution in [2.24, 2.45) is 7.05 Å². The van der Waals surface area contributed by atoms with E-state index in [1.54, 1.807) is 10.9 Å². The number of aliphatic carboxylic acids is 1. The van der Waals surface area contributed by atoms with Crippen LogP contribution in [-0.4, -0.2) is 26.8 Å². The molecule has 0 fully saturated rings. The number of carboxylic acid groups (broad SMARTS) is 1. The highest BCUT2D eigenvalue weighted by Gasteiger charge is 2.16. The quantitative estimate of drug-likeness (QED) is 0.781. The number of aromatic nitrogens is 2. The molecule has 0 aliphatic heterocycles. The maximum absolute atomic E-state index is 12.2. The molecule has 1 amide bonds. The number of hydrogen-bond donors (Lipinski definition) is 2. The summed E-state index contributed by atoms with van der Waals surface area (Å²) >= 11 is 0. The van der Waals surface area contributed by atoms with Crippen molar-refractivity contribution in [1.82, 2.24) is 15.1 Å². The van der Waals surface area contributed by atoms with Gasteiger partial charge >= 0.3 is 5.97 Å². The number of aryl methyl sites for hydroxylation is 2. The number of carbonyl (C=O) groups is 2. The van der Waals surface area contributed by atoms with Gasteiger partial charge in [-0.1, -0.05) is 30.3 Å². The molecule has 0 saturated heterocycles. The van der Waals surface area contributed by atoms with E-state index in [0.717, 1.165) is 11.3 Å². The summed E-state index contributed by atoms with van der Waals surface area (Å²) in [6, 6.07) is 11.0. The van der Waals surface area contributed by atoms with Crippen LogP contribution in [0.3, 0.4) is 0 Å². The van der Waals surface area contributed by atoms with E-state index in [1.165, 1.54) is 0 Å². The molecule has 1 unspecified atom stereocenters. The lowest BCUT2D eigenvalue weighted by Crippen LogP contribution is -2.29. The first-order valence-electron chi connectivity index (χ1n) is 7.59. The lowest BCUT2D eigenvalue weighted by atomic mass is 10.0. The lowest BCUT2D eigenvalue weighted by Gasteiger charge is -2.18. The van der Waals surface area contributed by atoms with Gasteiger partial charge in [0, 0.05) is 31.8 Å². The van der Waals surface area contributed by atoms with Crippen molar-refractivity contribution in [2.45, 2.75) is 31.7 Å². The fraction of sp³-hybridized carbons (Fsp3) is 0.353. The molecule has 0 bridgehead atoms. The first-order valence-corrected chi connectivity index (χ1v) is 7.59. The number of carbonyl (C=O) groups excluding carboxylic acids is 1. The Labute approximate surface area is 135 Å². The zero-order valence-corrected chi connectivity index (χ0v) is 13.1. The van der Waals surface area contributed by atoms with E-state index in [1.807, 2.05) is 43.4 Å². The number of benzene rings is 1. The standard InChI is InChI=1S/C17H21N3O3/c1-20-14(11-12-18-20)7-9-16(21)19-15(8-10-17(22)23)13-5-3-2-4-6-13/h2-6,11-12,15H,7-10H2,1H3,(H,19,21)(H,22,23). The Morgan fingerprint density at radius 2 is 1.96 bits per heavy atom. The second-order valence-electron chi connectivity index (χ2n) is 5.41. The summed E-state index contributed by atoms with van der Waals surface area (Å²) in [5, 5.41) is 15.9. The van der Waals surface area contributed by atoms with Crippen LogP contribution in [0.4, 0.5) is 0 Å². The Kier molecular flexibility index (Phi) is 5.91. The predicted molar refractivity (Wildman–Crippen MR) is 85.7 cm³/mol.